The number of nitrogens with zero attached hydrogens (tertiary/aromatic N) is 3. The molecule has 0 aliphatic carbocycles. The number of anilines is 1. The molecule has 100 valence electrons. The van der Waals surface area contributed by atoms with Crippen LogP contribution in [0.2, 0.25) is 0 Å². The number of hydrogen-bond acceptors (Lipinski definition) is 5. The highest BCUT2D eigenvalue weighted by atomic mass is 32.2. The third kappa shape index (κ3) is 3.85. The number of aromatic nitrogens is 2. The lowest BCUT2D eigenvalue weighted by Crippen LogP contribution is -2.27. The molecule has 0 radical (unpaired) electrons. The molecule has 2 heterocycles. The van der Waals surface area contributed by atoms with Gasteiger partial charge in [0.25, 0.3) is 0 Å². The highest BCUT2D eigenvalue weighted by molar-refractivity contribution is 7.99. The molecule has 1 saturated heterocycles. The van der Waals surface area contributed by atoms with Crippen molar-refractivity contribution in [2.75, 3.05) is 29.5 Å². The summed E-state index contributed by atoms with van der Waals surface area (Å²) in [5.41, 5.74) is 7.07. The first-order valence-corrected chi connectivity index (χ1v) is 7.84. The molecule has 0 aromatic carbocycles. The zero-order chi connectivity index (χ0) is 12.8. The maximum Gasteiger partial charge on any atom is 0.225 e. The van der Waals surface area contributed by atoms with Crippen molar-refractivity contribution in [3.63, 3.8) is 0 Å². The van der Waals surface area contributed by atoms with E-state index in [9.17, 15) is 0 Å². The van der Waals surface area contributed by atoms with Crippen LogP contribution in [0.15, 0.2) is 12.4 Å². The van der Waals surface area contributed by atoms with E-state index in [-0.39, 0.29) is 6.04 Å². The highest BCUT2D eigenvalue weighted by Crippen LogP contribution is 2.15. The first kappa shape index (κ1) is 13.6. The average Bonchev–Trinajstić information content (AvgIpc) is 2.68. The summed E-state index contributed by atoms with van der Waals surface area (Å²) >= 11 is 2.01. The summed E-state index contributed by atoms with van der Waals surface area (Å²) in [4.78, 5) is 11.2. The van der Waals surface area contributed by atoms with Crippen molar-refractivity contribution in [1.29, 1.82) is 0 Å². The molecule has 0 bridgehead atoms. The van der Waals surface area contributed by atoms with Crippen molar-refractivity contribution in [3.05, 3.63) is 18.0 Å². The monoisotopic (exact) mass is 266 g/mol. The minimum absolute atomic E-state index is 0.217. The molecule has 2 N–H and O–H groups in total. The second kappa shape index (κ2) is 6.95. The van der Waals surface area contributed by atoms with Crippen LogP contribution in [-0.4, -0.2) is 40.6 Å². The molecule has 18 heavy (non-hydrogen) atoms. The lowest BCUT2D eigenvalue weighted by Gasteiger charge is -2.19. The Morgan fingerprint density at radius 3 is 2.83 bits per heavy atom. The maximum absolute atomic E-state index is 5.94. The topological polar surface area (TPSA) is 55.0 Å². The minimum Gasteiger partial charge on any atom is -0.340 e. The van der Waals surface area contributed by atoms with Gasteiger partial charge in [-0.25, -0.2) is 9.97 Å². The van der Waals surface area contributed by atoms with Crippen molar-refractivity contribution >= 4 is 17.7 Å². The second-order valence-electron chi connectivity index (χ2n) is 4.72. The van der Waals surface area contributed by atoms with Gasteiger partial charge in [-0.3, -0.25) is 0 Å². The van der Waals surface area contributed by atoms with Gasteiger partial charge >= 0.3 is 0 Å². The van der Waals surface area contributed by atoms with Crippen LogP contribution in [0.25, 0.3) is 0 Å². The number of thioether (sulfide) groups is 1. The summed E-state index contributed by atoms with van der Waals surface area (Å²) < 4.78 is 0. The smallest absolute Gasteiger partial charge is 0.225 e. The van der Waals surface area contributed by atoms with Crippen molar-refractivity contribution in [2.45, 2.75) is 32.2 Å². The van der Waals surface area contributed by atoms with Crippen molar-refractivity contribution in [3.8, 4) is 0 Å². The van der Waals surface area contributed by atoms with Crippen molar-refractivity contribution in [2.24, 2.45) is 5.73 Å². The summed E-state index contributed by atoms with van der Waals surface area (Å²) in [7, 11) is 0. The van der Waals surface area contributed by atoms with Gasteiger partial charge in [-0.05, 0) is 30.6 Å². The molecule has 1 unspecified atom stereocenters. The van der Waals surface area contributed by atoms with E-state index in [2.05, 4.69) is 21.8 Å². The Hall–Kier alpha value is -0.810. The summed E-state index contributed by atoms with van der Waals surface area (Å²) in [5.74, 6) is 3.29. The summed E-state index contributed by atoms with van der Waals surface area (Å²) in [6.45, 7) is 4.23. The average molecular weight is 266 g/mol. The van der Waals surface area contributed by atoms with Crippen LogP contribution < -0.4 is 10.6 Å². The largest absolute Gasteiger partial charge is 0.340 e. The van der Waals surface area contributed by atoms with Gasteiger partial charge < -0.3 is 10.6 Å². The van der Waals surface area contributed by atoms with Gasteiger partial charge in [0.1, 0.15) is 0 Å². The third-order valence-electron chi connectivity index (χ3n) is 3.22. The zero-order valence-electron chi connectivity index (χ0n) is 11.0. The molecule has 0 saturated carbocycles. The van der Waals surface area contributed by atoms with E-state index in [1.165, 1.54) is 17.9 Å². The molecule has 0 spiro atoms. The molecule has 1 aromatic heterocycles. The van der Waals surface area contributed by atoms with E-state index in [0.717, 1.165) is 37.4 Å². The molecule has 1 aromatic rings. The Kier molecular flexibility index (Phi) is 5.26. The molecule has 5 heteroatoms. The standard InChI is InChI=1S/C13H22N4S/c1-2-12(14)8-11-9-15-13(16-10-11)17-4-3-6-18-7-5-17/h9-10,12H,2-8,14H2,1H3. The summed E-state index contributed by atoms with van der Waals surface area (Å²) in [6, 6.07) is 0.217. The minimum atomic E-state index is 0.217. The second-order valence-corrected chi connectivity index (χ2v) is 5.94. The Labute approximate surface area is 113 Å². The molecule has 1 fully saturated rings. The van der Waals surface area contributed by atoms with Gasteiger partial charge in [-0.1, -0.05) is 6.92 Å². The van der Waals surface area contributed by atoms with Crippen molar-refractivity contribution in [1.82, 2.24) is 9.97 Å². The molecule has 1 aliphatic rings. The van der Waals surface area contributed by atoms with Crippen LogP contribution in [0, 0.1) is 0 Å². The van der Waals surface area contributed by atoms with E-state index in [1.54, 1.807) is 0 Å². The van der Waals surface area contributed by atoms with Gasteiger partial charge in [0.05, 0.1) is 0 Å². The van der Waals surface area contributed by atoms with Gasteiger partial charge in [-0.15, -0.1) is 0 Å². The van der Waals surface area contributed by atoms with E-state index in [0.29, 0.717) is 0 Å². The van der Waals surface area contributed by atoms with E-state index in [4.69, 9.17) is 5.73 Å². The fourth-order valence-corrected chi connectivity index (χ4v) is 2.90. The highest BCUT2D eigenvalue weighted by Gasteiger charge is 2.12. The quantitative estimate of drug-likeness (QED) is 0.899. The first-order valence-electron chi connectivity index (χ1n) is 6.68. The number of hydrogen-bond donors (Lipinski definition) is 1. The fourth-order valence-electron chi connectivity index (χ4n) is 2.01. The zero-order valence-corrected chi connectivity index (χ0v) is 11.8. The van der Waals surface area contributed by atoms with Gasteiger partial charge in [0, 0.05) is 37.3 Å². The first-order chi connectivity index (χ1) is 8.79. The molecule has 1 aliphatic heterocycles. The van der Waals surface area contributed by atoms with Crippen LogP contribution in [0.3, 0.4) is 0 Å². The third-order valence-corrected chi connectivity index (χ3v) is 4.27. The van der Waals surface area contributed by atoms with Crippen LogP contribution in [0.5, 0.6) is 0 Å². The Morgan fingerprint density at radius 2 is 2.11 bits per heavy atom. The molecule has 1 atom stereocenters. The number of nitrogens with two attached hydrogens (primary N) is 1. The van der Waals surface area contributed by atoms with Gasteiger partial charge in [0.2, 0.25) is 5.95 Å². The molecular weight excluding hydrogens is 244 g/mol. The lowest BCUT2D eigenvalue weighted by molar-refractivity contribution is 0.642. The normalized spacial score (nSPS) is 18.4. The van der Waals surface area contributed by atoms with Gasteiger partial charge in [0.15, 0.2) is 0 Å². The Bertz CT molecular complexity index is 347. The van der Waals surface area contributed by atoms with Crippen LogP contribution in [-0.2, 0) is 6.42 Å². The van der Waals surface area contributed by atoms with Crippen LogP contribution in [0.1, 0.15) is 25.3 Å². The maximum atomic E-state index is 5.94. The van der Waals surface area contributed by atoms with E-state index >= 15 is 0 Å². The SMILES string of the molecule is CCC(N)Cc1cnc(N2CCCSCC2)nc1. The molecule has 4 nitrogen and oxygen atoms in total. The van der Waals surface area contributed by atoms with Crippen LogP contribution in [0.4, 0.5) is 5.95 Å². The van der Waals surface area contributed by atoms with E-state index in [1.807, 2.05) is 24.2 Å². The predicted molar refractivity (Wildman–Crippen MR) is 78.2 cm³/mol. The summed E-state index contributed by atoms with van der Waals surface area (Å²) in [5, 5.41) is 0. The van der Waals surface area contributed by atoms with Gasteiger partial charge in [-0.2, -0.15) is 11.8 Å². The lowest BCUT2D eigenvalue weighted by atomic mass is 10.1. The molecule has 2 rings (SSSR count). The predicted octanol–water partition coefficient (Wildman–Crippen LogP) is 1.70. The molecule has 0 amide bonds. The molecular formula is C13H22N4S. The fraction of sp³-hybridized carbons (Fsp3) is 0.692. The Balaban J connectivity index is 1.97. The Morgan fingerprint density at radius 1 is 1.33 bits per heavy atom. The van der Waals surface area contributed by atoms with Crippen molar-refractivity contribution < 1.29 is 0 Å². The van der Waals surface area contributed by atoms with E-state index < -0.39 is 0 Å². The van der Waals surface area contributed by atoms with Crippen LogP contribution >= 0.6 is 11.8 Å². The number of rotatable bonds is 4. The summed E-state index contributed by atoms with van der Waals surface area (Å²) in [6.07, 6.45) is 6.93.